The first kappa shape index (κ1) is 13.7. The van der Waals surface area contributed by atoms with Gasteiger partial charge in [0.25, 0.3) is 0 Å². The molecule has 0 aliphatic heterocycles. The zero-order valence-electron chi connectivity index (χ0n) is 10.8. The molecule has 2 rings (SSSR count). The first-order valence-electron chi connectivity index (χ1n) is 6.31. The largest absolute Gasteiger partial charge is 0.481 e. The van der Waals surface area contributed by atoms with E-state index in [2.05, 4.69) is 16.9 Å². The summed E-state index contributed by atoms with van der Waals surface area (Å²) < 4.78 is 0. The minimum atomic E-state index is -0.765. The molecule has 0 aliphatic carbocycles. The van der Waals surface area contributed by atoms with Gasteiger partial charge in [-0.25, -0.2) is 4.98 Å². The Morgan fingerprint density at radius 2 is 2.26 bits per heavy atom. The van der Waals surface area contributed by atoms with Gasteiger partial charge in [-0.1, -0.05) is 13.3 Å². The van der Waals surface area contributed by atoms with Crippen LogP contribution in [0, 0.1) is 0 Å². The molecule has 2 aromatic heterocycles. The highest BCUT2D eigenvalue weighted by Crippen LogP contribution is 2.29. The van der Waals surface area contributed by atoms with Gasteiger partial charge in [-0.15, -0.1) is 11.3 Å². The molecule has 1 N–H and O–H groups in total. The number of hydrogen-bond donors (Lipinski definition) is 1. The number of pyridine rings is 1. The molecule has 2 aromatic rings. The number of carbonyl (C=O) groups is 1. The number of carboxylic acid groups (broad SMARTS) is 1. The van der Waals surface area contributed by atoms with Gasteiger partial charge in [0, 0.05) is 22.8 Å². The lowest BCUT2D eigenvalue weighted by Crippen LogP contribution is -1.98. The third kappa shape index (κ3) is 3.61. The lowest BCUT2D eigenvalue weighted by atomic mass is 10.1. The average Bonchev–Trinajstić information content (AvgIpc) is 2.81. The number of hydrogen-bond acceptors (Lipinski definition) is 4. The second-order valence-electron chi connectivity index (χ2n) is 4.27. The first-order chi connectivity index (χ1) is 9.20. The number of thiazole rings is 1. The monoisotopic (exact) mass is 276 g/mol. The van der Waals surface area contributed by atoms with Crippen LogP contribution < -0.4 is 0 Å². The van der Waals surface area contributed by atoms with E-state index >= 15 is 0 Å². The van der Waals surface area contributed by atoms with Crippen molar-refractivity contribution in [3.63, 3.8) is 0 Å². The summed E-state index contributed by atoms with van der Waals surface area (Å²) in [6, 6.07) is 3.86. The van der Waals surface area contributed by atoms with Crippen molar-refractivity contribution >= 4 is 17.3 Å². The van der Waals surface area contributed by atoms with Gasteiger partial charge < -0.3 is 5.11 Å². The van der Waals surface area contributed by atoms with Crippen molar-refractivity contribution in [2.24, 2.45) is 0 Å². The van der Waals surface area contributed by atoms with Gasteiger partial charge in [-0.2, -0.15) is 0 Å². The number of rotatable bonds is 6. The molecule has 19 heavy (non-hydrogen) atoms. The molecule has 0 amide bonds. The molecule has 0 saturated carbocycles. The summed E-state index contributed by atoms with van der Waals surface area (Å²) in [4.78, 5) is 20.5. The van der Waals surface area contributed by atoms with Crippen LogP contribution in [-0.2, 0) is 17.6 Å². The molecule has 100 valence electrons. The highest BCUT2D eigenvalue weighted by Gasteiger charge is 2.13. The Balaban J connectivity index is 2.26. The van der Waals surface area contributed by atoms with Crippen molar-refractivity contribution in [3.05, 3.63) is 35.1 Å². The minimum Gasteiger partial charge on any atom is -0.481 e. The van der Waals surface area contributed by atoms with E-state index in [4.69, 9.17) is 5.11 Å². The molecule has 0 unspecified atom stereocenters. The predicted molar refractivity (Wildman–Crippen MR) is 75.3 cm³/mol. The molecule has 0 fully saturated rings. The number of aliphatic carboxylic acids is 1. The maximum atomic E-state index is 10.7. The van der Waals surface area contributed by atoms with Gasteiger partial charge in [0.05, 0.1) is 12.1 Å². The van der Waals surface area contributed by atoms with Gasteiger partial charge in [-0.05, 0) is 25.0 Å². The van der Waals surface area contributed by atoms with Crippen LogP contribution in [0.2, 0.25) is 0 Å². The fourth-order valence-corrected chi connectivity index (χ4v) is 2.94. The second-order valence-corrected chi connectivity index (χ2v) is 5.36. The fraction of sp³-hybridized carbons (Fsp3) is 0.357. The number of nitrogens with zero attached hydrogens (tertiary/aromatic N) is 2. The van der Waals surface area contributed by atoms with Crippen LogP contribution >= 0.6 is 11.3 Å². The van der Waals surface area contributed by atoms with Crippen molar-refractivity contribution in [1.82, 2.24) is 9.97 Å². The molecule has 0 aromatic carbocycles. The maximum absolute atomic E-state index is 10.7. The second kappa shape index (κ2) is 6.43. The zero-order valence-corrected chi connectivity index (χ0v) is 11.6. The summed E-state index contributed by atoms with van der Waals surface area (Å²) in [6.45, 7) is 2.10. The molecule has 0 bridgehead atoms. The van der Waals surface area contributed by atoms with Crippen molar-refractivity contribution < 1.29 is 9.90 Å². The van der Waals surface area contributed by atoms with Gasteiger partial charge >= 0.3 is 5.97 Å². The van der Waals surface area contributed by atoms with E-state index < -0.39 is 5.97 Å². The van der Waals surface area contributed by atoms with Crippen molar-refractivity contribution in [2.45, 2.75) is 32.6 Å². The van der Waals surface area contributed by atoms with Gasteiger partial charge in [-0.3, -0.25) is 9.78 Å². The van der Waals surface area contributed by atoms with Gasteiger partial charge in [0.1, 0.15) is 5.01 Å². The molecule has 5 heteroatoms. The summed E-state index contributed by atoms with van der Waals surface area (Å²) in [7, 11) is 0. The predicted octanol–water partition coefficient (Wildman–Crippen LogP) is 3.17. The summed E-state index contributed by atoms with van der Waals surface area (Å²) in [6.07, 6.45) is 6.14. The number of aryl methyl sites for hydroxylation is 2. The first-order valence-corrected chi connectivity index (χ1v) is 7.13. The third-order valence-electron chi connectivity index (χ3n) is 2.74. The quantitative estimate of drug-likeness (QED) is 0.880. The maximum Gasteiger partial charge on any atom is 0.303 e. The Kier molecular flexibility index (Phi) is 4.63. The van der Waals surface area contributed by atoms with E-state index in [9.17, 15) is 4.79 Å². The minimum absolute atomic E-state index is 0.158. The lowest BCUT2D eigenvalue weighted by molar-refractivity contribution is -0.136. The van der Waals surface area contributed by atoms with Crippen LogP contribution in [-0.4, -0.2) is 21.0 Å². The SMILES string of the molecule is CCCc1nc(-c2cccnc2)sc1CCC(=O)O. The molecule has 0 atom stereocenters. The van der Waals surface area contributed by atoms with Gasteiger partial charge in [0.2, 0.25) is 0 Å². The van der Waals surface area contributed by atoms with Crippen LogP contribution in [0.5, 0.6) is 0 Å². The zero-order chi connectivity index (χ0) is 13.7. The van der Waals surface area contributed by atoms with Crippen LogP contribution in [0.3, 0.4) is 0 Å². The van der Waals surface area contributed by atoms with Gasteiger partial charge in [0.15, 0.2) is 0 Å². The lowest BCUT2D eigenvalue weighted by Gasteiger charge is -1.97. The molecular weight excluding hydrogens is 260 g/mol. The Hall–Kier alpha value is -1.75. The molecular formula is C14H16N2O2S. The molecule has 0 radical (unpaired) electrons. The highest BCUT2D eigenvalue weighted by atomic mass is 32.1. The Morgan fingerprint density at radius 1 is 1.42 bits per heavy atom. The molecule has 2 heterocycles. The highest BCUT2D eigenvalue weighted by molar-refractivity contribution is 7.15. The number of carboxylic acids is 1. The van der Waals surface area contributed by atoms with E-state index in [1.807, 2.05) is 12.1 Å². The van der Waals surface area contributed by atoms with E-state index in [1.54, 1.807) is 23.7 Å². The Labute approximate surface area is 116 Å². The summed E-state index contributed by atoms with van der Waals surface area (Å²) in [5, 5.41) is 9.72. The summed E-state index contributed by atoms with van der Waals surface area (Å²) >= 11 is 1.58. The van der Waals surface area contributed by atoms with Crippen molar-refractivity contribution in [1.29, 1.82) is 0 Å². The van der Waals surface area contributed by atoms with Crippen LogP contribution in [0.25, 0.3) is 10.6 Å². The molecule has 0 aliphatic rings. The average molecular weight is 276 g/mol. The third-order valence-corrected chi connectivity index (χ3v) is 3.95. The van der Waals surface area contributed by atoms with E-state index in [0.717, 1.165) is 34.0 Å². The fourth-order valence-electron chi connectivity index (χ4n) is 1.84. The van der Waals surface area contributed by atoms with E-state index in [0.29, 0.717) is 6.42 Å². The standard InChI is InChI=1S/C14H16N2O2S/c1-2-4-11-12(6-7-13(17)18)19-14(16-11)10-5-3-8-15-9-10/h3,5,8-9H,2,4,6-7H2,1H3,(H,17,18). The Morgan fingerprint density at radius 3 is 2.89 bits per heavy atom. The normalized spacial score (nSPS) is 10.6. The van der Waals surface area contributed by atoms with Crippen molar-refractivity contribution in [2.75, 3.05) is 0 Å². The summed E-state index contributed by atoms with van der Waals surface area (Å²) in [5.74, 6) is -0.765. The topological polar surface area (TPSA) is 63.1 Å². The molecule has 4 nitrogen and oxygen atoms in total. The van der Waals surface area contributed by atoms with E-state index in [1.165, 1.54) is 0 Å². The van der Waals surface area contributed by atoms with Crippen LogP contribution in [0.1, 0.15) is 30.3 Å². The van der Waals surface area contributed by atoms with E-state index in [-0.39, 0.29) is 6.42 Å². The Bertz CT molecular complexity index is 552. The van der Waals surface area contributed by atoms with Crippen LogP contribution in [0.4, 0.5) is 0 Å². The molecule has 0 saturated heterocycles. The van der Waals surface area contributed by atoms with Crippen molar-refractivity contribution in [3.8, 4) is 10.6 Å². The number of aromatic nitrogens is 2. The smallest absolute Gasteiger partial charge is 0.303 e. The summed E-state index contributed by atoms with van der Waals surface area (Å²) in [5.41, 5.74) is 2.03. The van der Waals surface area contributed by atoms with Crippen LogP contribution in [0.15, 0.2) is 24.5 Å². The molecule has 0 spiro atoms.